The molecule has 0 aliphatic heterocycles. The van der Waals surface area contributed by atoms with Crippen LogP contribution < -0.4 is 5.32 Å². The first-order valence-electron chi connectivity index (χ1n) is 7.21. The highest BCUT2D eigenvalue weighted by molar-refractivity contribution is 6.31. The lowest BCUT2D eigenvalue weighted by molar-refractivity contribution is -0.142. The predicted octanol–water partition coefficient (Wildman–Crippen LogP) is 3.34. The summed E-state index contributed by atoms with van der Waals surface area (Å²) < 4.78 is 0. The predicted molar refractivity (Wildman–Crippen MR) is 83.6 cm³/mol. The lowest BCUT2D eigenvalue weighted by Gasteiger charge is -2.13. The third-order valence-electron chi connectivity index (χ3n) is 3.30. The summed E-state index contributed by atoms with van der Waals surface area (Å²) in [4.78, 5) is 22.7. The molecule has 21 heavy (non-hydrogen) atoms. The van der Waals surface area contributed by atoms with Gasteiger partial charge in [0.2, 0.25) is 5.91 Å². The van der Waals surface area contributed by atoms with E-state index < -0.39 is 12.0 Å². The third kappa shape index (κ3) is 6.17. The Balaban J connectivity index is 2.39. The Labute approximate surface area is 130 Å². The summed E-state index contributed by atoms with van der Waals surface area (Å²) in [6.45, 7) is 3.84. The molecule has 0 aromatic heterocycles. The molecular weight excluding hydrogens is 290 g/mol. The maximum absolute atomic E-state index is 11.7. The van der Waals surface area contributed by atoms with Crippen LogP contribution in [-0.4, -0.2) is 23.0 Å². The molecule has 116 valence electrons. The molecule has 0 aliphatic rings. The highest BCUT2D eigenvalue weighted by Crippen LogP contribution is 2.17. The molecule has 4 nitrogen and oxygen atoms in total. The third-order valence-corrected chi connectivity index (χ3v) is 3.73. The van der Waals surface area contributed by atoms with Crippen LogP contribution in [0.4, 0.5) is 0 Å². The Kier molecular flexibility index (Phi) is 7.23. The van der Waals surface area contributed by atoms with Crippen molar-refractivity contribution in [2.45, 2.75) is 52.0 Å². The number of halogens is 1. The minimum atomic E-state index is -0.974. The van der Waals surface area contributed by atoms with Crippen LogP contribution in [-0.2, 0) is 16.0 Å². The topological polar surface area (TPSA) is 66.4 Å². The van der Waals surface area contributed by atoms with Crippen molar-refractivity contribution in [3.05, 3.63) is 34.3 Å². The van der Waals surface area contributed by atoms with E-state index in [2.05, 4.69) is 5.32 Å². The minimum Gasteiger partial charge on any atom is -0.480 e. The molecular formula is C16H22ClNO3. The van der Waals surface area contributed by atoms with Gasteiger partial charge < -0.3 is 10.4 Å². The maximum Gasteiger partial charge on any atom is 0.326 e. The molecule has 0 saturated heterocycles. The van der Waals surface area contributed by atoms with E-state index in [1.807, 2.05) is 32.0 Å². The Morgan fingerprint density at radius 1 is 1.38 bits per heavy atom. The van der Waals surface area contributed by atoms with Gasteiger partial charge in [-0.05, 0) is 43.4 Å². The second-order valence-electron chi connectivity index (χ2n) is 5.18. The number of carbonyl (C=O) groups is 2. The molecule has 1 atom stereocenters. The number of carboxylic acids is 1. The van der Waals surface area contributed by atoms with Crippen LogP contribution in [0.3, 0.4) is 0 Å². The molecule has 0 radical (unpaired) electrons. The van der Waals surface area contributed by atoms with Crippen LogP contribution in [0.5, 0.6) is 0 Å². The molecule has 1 rings (SSSR count). The fraction of sp³-hybridized carbons (Fsp3) is 0.500. The molecule has 1 amide bonds. The standard InChI is InChI=1S/C16H22ClNO3/c1-3-5-14(16(20)21)18-15(19)7-4-6-12-8-9-13(17)11(2)10-12/h8-10,14H,3-7H2,1-2H3,(H,18,19)(H,20,21). The van der Waals surface area contributed by atoms with E-state index in [0.29, 0.717) is 19.3 Å². The van der Waals surface area contributed by atoms with E-state index >= 15 is 0 Å². The average Bonchev–Trinajstić information content (AvgIpc) is 2.42. The summed E-state index contributed by atoms with van der Waals surface area (Å²) in [5, 5.41) is 12.3. The van der Waals surface area contributed by atoms with Gasteiger partial charge in [-0.1, -0.05) is 37.1 Å². The monoisotopic (exact) mass is 311 g/mol. The van der Waals surface area contributed by atoms with Gasteiger partial charge in [0.15, 0.2) is 0 Å². The molecule has 2 N–H and O–H groups in total. The number of nitrogens with one attached hydrogen (secondary N) is 1. The number of amides is 1. The fourth-order valence-corrected chi connectivity index (χ4v) is 2.25. The normalized spacial score (nSPS) is 12.0. The van der Waals surface area contributed by atoms with Gasteiger partial charge in [-0.3, -0.25) is 4.79 Å². The van der Waals surface area contributed by atoms with Crippen molar-refractivity contribution in [3.63, 3.8) is 0 Å². The van der Waals surface area contributed by atoms with Crippen molar-refractivity contribution in [2.24, 2.45) is 0 Å². The van der Waals surface area contributed by atoms with Crippen LogP contribution in [0.1, 0.15) is 43.7 Å². The first-order chi connectivity index (χ1) is 9.93. The maximum atomic E-state index is 11.7. The van der Waals surface area contributed by atoms with E-state index in [9.17, 15) is 9.59 Å². The second-order valence-corrected chi connectivity index (χ2v) is 5.59. The largest absolute Gasteiger partial charge is 0.480 e. The van der Waals surface area contributed by atoms with Crippen molar-refractivity contribution in [1.29, 1.82) is 0 Å². The van der Waals surface area contributed by atoms with Gasteiger partial charge in [-0.15, -0.1) is 0 Å². The second kappa shape index (κ2) is 8.67. The summed E-state index contributed by atoms with van der Waals surface area (Å²) in [6, 6.07) is 5.04. The average molecular weight is 312 g/mol. The van der Waals surface area contributed by atoms with Crippen molar-refractivity contribution < 1.29 is 14.7 Å². The van der Waals surface area contributed by atoms with Gasteiger partial charge in [-0.25, -0.2) is 4.79 Å². The molecule has 0 fully saturated rings. The fourth-order valence-electron chi connectivity index (χ4n) is 2.13. The zero-order valence-electron chi connectivity index (χ0n) is 12.5. The first-order valence-corrected chi connectivity index (χ1v) is 7.59. The Morgan fingerprint density at radius 2 is 2.10 bits per heavy atom. The number of rotatable bonds is 8. The lowest BCUT2D eigenvalue weighted by atomic mass is 10.1. The van der Waals surface area contributed by atoms with Gasteiger partial charge in [0, 0.05) is 11.4 Å². The summed E-state index contributed by atoms with van der Waals surface area (Å²) in [5.74, 6) is -1.18. The number of hydrogen-bond acceptors (Lipinski definition) is 2. The number of benzene rings is 1. The number of aliphatic carboxylic acids is 1. The molecule has 1 aromatic rings. The molecule has 0 saturated carbocycles. The molecule has 0 bridgehead atoms. The summed E-state index contributed by atoms with van der Waals surface area (Å²) in [5.41, 5.74) is 2.15. The highest BCUT2D eigenvalue weighted by Gasteiger charge is 2.18. The lowest BCUT2D eigenvalue weighted by Crippen LogP contribution is -2.40. The van der Waals surface area contributed by atoms with Crippen LogP contribution in [0.2, 0.25) is 5.02 Å². The molecule has 0 spiro atoms. The summed E-state index contributed by atoms with van der Waals surface area (Å²) in [7, 11) is 0. The van der Waals surface area contributed by atoms with Gasteiger partial charge in [-0.2, -0.15) is 0 Å². The summed E-state index contributed by atoms with van der Waals surface area (Å²) >= 11 is 5.96. The number of aryl methyl sites for hydroxylation is 2. The van der Waals surface area contributed by atoms with E-state index in [1.165, 1.54) is 0 Å². The van der Waals surface area contributed by atoms with Crippen LogP contribution in [0, 0.1) is 6.92 Å². The van der Waals surface area contributed by atoms with E-state index in [0.717, 1.165) is 29.0 Å². The Hall–Kier alpha value is -1.55. The highest BCUT2D eigenvalue weighted by atomic mass is 35.5. The first kappa shape index (κ1) is 17.5. The quantitative estimate of drug-likeness (QED) is 0.773. The minimum absolute atomic E-state index is 0.207. The van der Waals surface area contributed by atoms with Gasteiger partial charge >= 0.3 is 5.97 Å². The molecule has 1 aromatic carbocycles. The van der Waals surface area contributed by atoms with E-state index in [4.69, 9.17) is 16.7 Å². The Bertz CT molecular complexity index is 502. The van der Waals surface area contributed by atoms with Gasteiger partial charge in [0.1, 0.15) is 6.04 Å². The van der Waals surface area contributed by atoms with E-state index in [-0.39, 0.29) is 5.91 Å². The van der Waals surface area contributed by atoms with Crippen molar-refractivity contribution in [2.75, 3.05) is 0 Å². The van der Waals surface area contributed by atoms with Crippen molar-refractivity contribution >= 4 is 23.5 Å². The number of hydrogen-bond donors (Lipinski definition) is 2. The van der Waals surface area contributed by atoms with Gasteiger partial charge in [0.25, 0.3) is 0 Å². The molecule has 1 unspecified atom stereocenters. The SMILES string of the molecule is CCCC(NC(=O)CCCc1ccc(Cl)c(C)c1)C(=O)O. The van der Waals surface area contributed by atoms with Crippen molar-refractivity contribution in [1.82, 2.24) is 5.32 Å². The van der Waals surface area contributed by atoms with Crippen LogP contribution in [0.15, 0.2) is 18.2 Å². The smallest absolute Gasteiger partial charge is 0.326 e. The Morgan fingerprint density at radius 3 is 2.67 bits per heavy atom. The van der Waals surface area contributed by atoms with Gasteiger partial charge in [0.05, 0.1) is 0 Å². The molecule has 0 heterocycles. The number of carboxylic acid groups (broad SMARTS) is 1. The van der Waals surface area contributed by atoms with Crippen LogP contribution >= 0.6 is 11.6 Å². The van der Waals surface area contributed by atoms with Crippen LogP contribution in [0.25, 0.3) is 0 Å². The number of carbonyl (C=O) groups excluding carboxylic acids is 1. The zero-order chi connectivity index (χ0) is 15.8. The molecule has 5 heteroatoms. The zero-order valence-corrected chi connectivity index (χ0v) is 13.2. The van der Waals surface area contributed by atoms with E-state index in [1.54, 1.807) is 0 Å². The molecule has 0 aliphatic carbocycles. The summed E-state index contributed by atoms with van der Waals surface area (Å²) in [6.07, 6.45) is 2.97. The van der Waals surface area contributed by atoms with Crippen molar-refractivity contribution in [3.8, 4) is 0 Å².